The molecular weight excluding hydrogens is 344 g/mol. The average molecular weight is 365 g/mol. The zero-order valence-electron chi connectivity index (χ0n) is 14.4. The summed E-state index contributed by atoms with van der Waals surface area (Å²) in [5.41, 5.74) is 1.42. The number of nitrogens with one attached hydrogen (secondary N) is 2. The molecule has 25 heavy (non-hydrogen) atoms. The highest BCUT2D eigenvalue weighted by Crippen LogP contribution is 2.29. The topological polar surface area (TPSA) is 68.8 Å². The van der Waals surface area contributed by atoms with E-state index in [2.05, 4.69) is 10.6 Å². The van der Waals surface area contributed by atoms with Gasteiger partial charge in [0.05, 0.1) is 32.0 Å². The van der Waals surface area contributed by atoms with Gasteiger partial charge in [0.25, 0.3) is 0 Å². The molecule has 2 aromatic carbocycles. The first kappa shape index (κ1) is 18.7. The Labute approximate surface area is 152 Å². The van der Waals surface area contributed by atoms with Gasteiger partial charge in [0.2, 0.25) is 5.91 Å². The Bertz CT molecular complexity index is 737. The molecular formula is C18H21ClN2O4. The molecule has 0 aliphatic rings. The van der Waals surface area contributed by atoms with Gasteiger partial charge >= 0.3 is 0 Å². The molecule has 1 amide bonds. The molecule has 0 atom stereocenters. The molecule has 134 valence electrons. The van der Waals surface area contributed by atoms with Crippen LogP contribution in [0.15, 0.2) is 36.4 Å². The highest BCUT2D eigenvalue weighted by molar-refractivity contribution is 6.32. The van der Waals surface area contributed by atoms with Crippen LogP contribution in [0, 0.1) is 0 Å². The number of hydrogen-bond donors (Lipinski definition) is 2. The lowest BCUT2D eigenvalue weighted by Gasteiger charge is -2.12. The number of ether oxygens (including phenoxy) is 3. The summed E-state index contributed by atoms with van der Waals surface area (Å²) in [5.74, 6) is 1.68. The Morgan fingerprint density at radius 2 is 1.76 bits per heavy atom. The predicted octanol–water partition coefficient (Wildman–Crippen LogP) is 3.81. The second-order valence-electron chi connectivity index (χ2n) is 5.14. The molecule has 0 heterocycles. The summed E-state index contributed by atoms with van der Waals surface area (Å²) in [5, 5.41) is 6.49. The summed E-state index contributed by atoms with van der Waals surface area (Å²) in [6.07, 6.45) is 0.291. The second-order valence-corrected chi connectivity index (χ2v) is 5.55. The van der Waals surface area contributed by atoms with E-state index in [1.807, 2.05) is 6.07 Å². The van der Waals surface area contributed by atoms with Gasteiger partial charge in [-0.1, -0.05) is 11.6 Å². The molecule has 0 saturated carbocycles. The highest BCUT2D eigenvalue weighted by atomic mass is 35.5. The van der Waals surface area contributed by atoms with Gasteiger partial charge in [-0.15, -0.1) is 0 Å². The van der Waals surface area contributed by atoms with Crippen molar-refractivity contribution in [2.75, 3.05) is 38.5 Å². The van der Waals surface area contributed by atoms with Crippen molar-refractivity contribution in [3.63, 3.8) is 0 Å². The largest absolute Gasteiger partial charge is 0.497 e. The molecule has 0 aromatic heterocycles. The van der Waals surface area contributed by atoms with Gasteiger partial charge < -0.3 is 24.8 Å². The fourth-order valence-electron chi connectivity index (χ4n) is 2.21. The molecule has 0 aliphatic heterocycles. The number of carbonyl (C=O) groups excluding carboxylic acids is 1. The third-order valence-corrected chi connectivity index (χ3v) is 3.81. The van der Waals surface area contributed by atoms with Crippen LogP contribution in [0.1, 0.15) is 6.42 Å². The maximum Gasteiger partial charge on any atom is 0.226 e. The van der Waals surface area contributed by atoms with E-state index in [4.69, 9.17) is 25.8 Å². The smallest absolute Gasteiger partial charge is 0.226 e. The molecule has 6 nitrogen and oxygen atoms in total. The predicted molar refractivity (Wildman–Crippen MR) is 99.3 cm³/mol. The molecule has 0 aliphatic carbocycles. The van der Waals surface area contributed by atoms with Crippen molar-refractivity contribution in [1.82, 2.24) is 0 Å². The van der Waals surface area contributed by atoms with Crippen LogP contribution in [0.2, 0.25) is 5.02 Å². The quantitative estimate of drug-likeness (QED) is 0.745. The van der Waals surface area contributed by atoms with Crippen LogP contribution < -0.4 is 24.8 Å². The van der Waals surface area contributed by atoms with Gasteiger partial charge in [-0.25, -0.2) is 0 Å². The first-order chi connectivity index (χ1) is 12.1. The van der Waals surface area contributed by atoms with E-state index in [1.54, 1.807) is 51.7 Å². The van der Waals surface area contributed by atoms with Crippen LogP contribution in [-0.2, 0) is 4.79 Å². The highest BCUT2D eigenvalue weighted by Gasteiger charge is 2.09. The minimum Gasteiger partial charge on any atom is -0.497 e. The summed E-state index contributed by atoms with van der Waals surface area (Å²) in [4.78, 5) is 12.1. The molecule has 7 heteroatoms. The van der Waals surface area contributed by atoms with Crippen LogP contribution in [-0.4, -0.2) is 33.8 Å². The zero-order valence-corrected chi connectivity index (χ0v) is 15.1. The van der Waals surface area contributed by atoms with E-state index >= 15 is 0 Å². The van der Waals surface area contributed by atoms with E-state index in [0.29, 0.717) is 40.9 Å². The van der Waals surface area contributed by atoms with Crippen molar-refractivity contribution in [1.29, 1.82) is 0 Å². The average Bonchev–Trinajstić information content (AvgIpc) is 2.62. The molecule has 0 radical (unpaired) electrons. The molecule has 0 saturated heterocycles. The standard InChI is InChI=1S/C18H21ClN2O4/c1-23-13-5-6-15(17(11-13)25-3)21-18(22)8-9-20-12-4-7-16(24-2)14(19)10-12/h4-7,10-11,20H,8-9H2,1-3H3,(H,21,22). The summed E-state index contributed by atoms with van der Waals surface area (Å²) < 4.78 is 15.5. The Morgan fingerprint density at radius 1 is 1.00 bits per heavy atom. The van der Waals surface area contributed by atoms with Gasteiger partial charge in [0, 0.05) is 24.7 Å². The van der Waals surface area contributed by atoms with Gasteiger partial charge in [0.1, 0.15) is 17.2 Å². The number of anilines is 2. The Balaban J connectivity index is 1.88. The Kier molecular flexibility index (Phi) is 6.77. The van der Waals surface area contributed by atoms with Gasteiger partial charge in [-0.05, 0) is 30.3 Å². The maximum absolute atomic E-state index is 12.1. The number of methoxy groups -OCH3 is 3. The fourth-order valence-corrected chi connectivity index (χ4v) is 2.47. The van der Waals surface area contributed by atoms with Crippen molar-refractivity contribution < 1.29 is 19.0 Å². The first-order valence-electron chi connectivity index (χ1n) is 7.66. The Hall–Kier alpha value is -2.60. The normalized spacial score (nSPS) is 10.1. The monoisotopic (exact) mass is 364 g/mol. The van der Waals surface area contributed by atoms with Crippen molar-refractivity contribution in [2.45, 2.75) is 6.42 Å². The molecule has 0 bridgehead atoms. The van der Waals surface area contributed by atoms with Crippen LogP contribution in [0.5, 0.6) is 17.2 Å². The lowest BCUT2D eigenvalue weighted by Crippen LogP contribution is -2.16. The van der Waals surface area contributed by atoms with E-state index in [9.17, 15) is 4.79 Å². The fraction of sp³-hybridized carbons (Fsp3) is 0.278. The molecule has 2 N–H and O–H groups in total. The van der Waals surface area contributed by atoms with Crippen LogP contribution in [0.25, 0.3) is 0 Å². The number of amides is 1. The number of rotatable bonds is 8. The van der Waals surface area contributed by atoms with Crippen LogP contribution in [0.4, 0.5) is 11.4 Å². The first-order valence-corrected chi connectivity index (χ1v) is 8.04. The molecule has 0 fully saturated rings. The molecule has 0 unspecified atom stereocenters. The summed E-state index contributed by atoms with van der Waals surface area (Å²) in [7, 11) is 4.68. The van der Waals surface area contributed by atoms with Crippen molar-refractivity contribution in [2.24, 2.45) is 0 Å². The van der Waals surface area contributed by atoms with Gasteiger partial charge in [0.15, 0.2) is 0 Å². The molecule has 0 spiro atoms. The minimum atomic E-state index is -0.129. The van der Waals surface area contributed by atoms with Gasteiger partial charge in [-0.3, -0.25) is 4.79 Å². The van der Waals surface area contributed by atoms with Crippen LogP contribution in [0.3, 0.4) is 0 Å². The van der Waals surface area contributed by atoms with E-state index in [1.165, 1.54) is 0 Å². The lowest BCUT2D eigenvalue weighted by atomic mass is 10.2. The summed E-state index contributed by atoms with van der Waals surface area (Å²) in [6, 6.07) is 10.6. The second kappa shape index (κ2) is 9.03. The van der Waals surface area contributed by atoms with Crippen molar-refractivity contribution >= 4 is 28.9 Å². The number of benzene rings is 2. The van der Waals surface area contributed by atoms with Crippen molar-refractivity contribution in [3.05, 3.63) is 41.4 Å². The lowest BCUT2D eigenvalue weighted by molar-refractivity contribution is -0.116. The summed E-state index contributed by atoms with van der Waals surface area (Å²) >= 11 is 6.07. The SMILES string of the molecule is COc1ccc(NC(=O)CCNc2ccc(OC)c(Cl)c2)c(OC)c1. The minimum absolute atomic E-state index is 0.129. The van der Waals surface area contributed by atoms with E-state index in [-0.39, 0.29) is 5.91 Å². The number of carbonyl (C=O) groups is 1. The van der Waals surface area contributed by atoms with E-state index in [0.717, 1.165) is 5.69 Å². The van der Waals surface area contributed by atoms with Crippen LogP contribution >= 0.6 is 11.6 Å². The zero-order chi connectivity index (χ0) is 18.2. The number of hydrogen-bond acceptors (Lipinski definition) is 5. The molecule has 2 aromatic rings. The van der Waals surface area contributed by atoms with Crippen molar-refractivity contribution in [3.8, 4) is 17.2 Å². The Morgan fingerprint density at radius 3 is 2.40 bits per heavy atom. The third kappa shape index (κ3) is 5.19. The third-order valence-electron chi connectivity index (χ3n) is 3.52. The maximum atomic E-state index is 12.1. The molecule has 2 rings (SSSR count). The number of halogens is 1. The summed E-state index contributed by atoms with van der Waals surface area (Å²) in [6.45, 7) is 0.465. The van der Waals surface area contributed by atoms with Gasteiger partial charge in [-0.2, -0.15) is 0 Å². The van der Waals surface area contributed by atoms with E-state index < -0.39 is 0 Å².